The van der Waals surface area contributed by atoms with Gasteiger partial charge in [0.05, 0.1) is 17.2 Å². The van der Waals surface area contributed by atoms with Crippen LogP contribution in [0, 0.1) is 6.92 Å². The molecule has 2 amide bonds. The fourth-order valence-electron chi connectivity index (χ4n) is 4.00. The molecule has 4 aromatic rings. The molecule has 1 atom stereocenters. The molecule has 0 fully saturated rings. The second-order valence-corrected chi connectivity index (χ2v) is 9.01. The van der Waals surface area contributed by atoms with E-state index in [9.17, 15) is 9.59 Å². The highest BCUT2D eigenvalue weighted by molar-refractivity contribution is 9.10. The fraction of sp³-hybridized carbons (Fsp3) is 0.0833. The summed E-state index contributed by atoms with van der Waals surface area (Å²) in [5, 5.41) is 8.94. The van der Waals surface area contributed by atoms with Gasteiger partial charge in [0.15, 0.2) is 0 Å². The van der Waals surface area contributed by atoms with E-state index < -0.39 is 0 Å². The molecule has 0 aliphatic carbocycles. The molecule has 2 heterocycles. The van der Waals surface area contributed by atoms with Gasteiger partial charge in [-0.05, 0) is 52.2 Å². The molecule has 4 nitrogen and oxygen atoms in total. The lowest BCUT2D eigenvalue weighted by molar-refractivity contribution is 0.0959. The number of nitrogens with one attached hydrogen (secondary N) is 2. The van der Waals surface area contributed by atoms with Crippen LogP contribution in [-0.4, -0.2) is 11.8 Å². The Kier molecular flexibility index (Phi) is 4.68. The van der Waals surface area contributed by atoms with Crippen molar-refractivity contribution in [1.82, 2.24) is 5.32 Å². The van der Waals surface area contributed by atoms with Gasteiger partial charge in [-0.25, -0.2) is 0 Å². The summed E-state index contributed by atoms with van der Waals surface area (Å²) in [6.45, 7) is 2.02. The highest BCUT2D eigenvalue weighted by Gasteiger charge is 2.35. The van der Waals surface area contributed by atoms with Crippen LogP contribution in [0.1, 0.15) is 43.4 Å². The molecule has 0 spiro atoms. The number of thiophene rings is 1. The molecule has 0 saturated heterocycles. The lowest BCUT2D eigenvalue weighted by Crippen LogP contribution is -2.21. The summed E-state index contributed by atoms with van der Waals surface area (Å²) >= 11 is 5.05. The summed E-state index contributed by atoms with van der Waals surface area (Å²) in [6.07, 6.45) is 0. The standard InChI is InChI=1S/C24H17BrN2O2S/c1-13-6-2-3-7-14(13)22-21-18(11-10-17(25)20(21)24(29)27-22)26-23(28)16-12-30-19-9-5-4-8-15(16)19/h2-12,22H,1H3,(H,26,28)(H,27,29). The number of hydrogen-bond acceptors (Lipinski definition) is 3. The van der Waals surface area contributed by atoms with Crippen LogP contribution in [0.5, 0.6) is 0 Å². The second-order valence-electron chi connectivity index (χ2n) is 7.25. The number of halogens is 1. The van der Waals surface area contributed by atoms with Crippen LogP contribution in [0.4, 0.5) is 5.69 Å². The summed E-state index contributed by atoms with van der Waals surface area (Å²) in [5.74, 6) is -0.331. The summed E-state index contributed by atoms with van der Waals surface area (Å²) in [5.41, 5.74) is 4.72. The van der Waals surface area contributed by atoms with Gasteiger partial charge in [-0.2, -0.15) is 0 Å². The van der Waals surface area contributed by atoms with Gasteiger partial charge < -0.3 is 10.6 Å². The molecule has 0 bridgehead atoms. The lowest BCUT2D eigenvalue weighted by atomic mass is 9.93. The molecule has 0 radical (unpaired) electrons. The maximum atomic E-state index is 13.1. The third kappa shape index (κ3) is 3.04. The minimum Gasteiger partial charge on any atom is -0.341 e. The van der Waals surface area contributed by atoms with E-state index in [-0.39, 0.29) is 17.9 Å². The number of carbonyl (C=O) groups excluding carboxylic acids is 2. The Morgan fingerprint density at radius 2 is 1.83 bits per heavy atom. The van der Waals surface area contributed by atoms with Gasteiger partial charge in [0.1, 0.15) is 0 Å². The third-order valence-corrected chi connectivity index (χ3v) is 7.08. The Hall–Kier alpha value is -2.96. The van der Waals surface area contributed by atoms with Crippen LogP contribution in [0.25, 0.3) is 10.1 Å². The van der Waals surface area contributed by atoms with E-state index in [4.69, 9.17) is 0 Å². The summed E-state index contributed by atoms with van der Waals surface area (Å²) in [4.78, 5) is 25.9. The molecule has 0 saturated carbocycles. The largest absolute Gasteiger partial charge is 0.341 e. The quantitative estimate of drug-likeness (QED) is 0.377. The topological polar surface area (TPSA) is 58.2 Å². The van der Waals surface area contributed by atoms with Crippen LogP contribution >= 0.6 is 27.3 Å². The summed E-state index contributed by atoms with van der Waals surface area (Å²) < 4.78 is 1.78. The van der Waals surface area contributed by atoms with E-state index in [2.05, 4.69) is 26.6 Å². The molecule has 3 aromatic carbocycles. The van der Waals surface area contributed by atoms with E-state index >= 15 is 0 Å². The van der Waals surface area contributed by atoms with Gasteiger partial charge in [-0.15, -0.1) is 11.3 Å². The van der Waals surface area contributed by atoms with E-state index in [0.29, 0.717) is 21.3 Å². The number of aryl methyl sites for hydroxylation is 1. The van der Waals surface area contributed by atoms with Gasteiger partial charge >= 0.3 is 0 Å². The zero-order chi connectivity index (χ0) is 20.8. The highest BCUT2D eigenvalue weighted by Crippen LogP contribution is 2.41. The Morgan fingerprint density at radius 3 is 2.67 bits per heavy atom. The average Bonchev–Trinajstić information content (AvgIpc) is 3.32. The number of amides is 2. The molecular weight excluding hydrogens is 460 g/mol. The van der Waals surface area contributed by atoms with Crippen molar-refractivity contribution in [2.24, 2.45) is 0 Å². The SMILES string of the molecule is Cc1ccccc1C1NC(=O)c2c(Br)ccc(NC(=O)c3csc4ccccc34)c21. The van der Waals surface area contributed by atoms with Crippen LogP contribution in [0.3, 0.4) is 0 Å². The summed E-state index contributed by atoms with van der Waals surface area (Å²) in [7, 11) is 0. The van der Waals surface area contributed by atoms with Crippen LogP contribution in [0.15, 0.2) is 70.5 Å². The Morgan fingerprint density at radius 1 is 1.07 bits per heavy atom. The first kappa shape index (κ1) is 19.0. The van der Waals surface area contributed by atoms with Crippen molar-refractivity contribution in [2.75, 3.05) is 5.32 Å². The molecule has 1 aliphatic heterocycles. The Labute approximate surface area is 186 Å². The number of fused-ring (bicyclic) bond motifs is 2. The highest BCUT2D eigenvalue weighted by atomic mass is 79.9. The number of benzene rings is 3. The monoisotopic (exact) mass is 476 g/mol. The van der Waals surface area contributed by atoms with E-state index in [1.807, 2.05) is 66.9 Å². The molecule has 30 heavy (non-hydrogen) atoms. The Balaban J connectivity index is 1.60. The molecule has 148 valence electrons. The smallest absolute Gasteiger partial charge is 0.257 e. The minimum absolute atomic E-state index is 0.151. The van der Waals surface area contributed by atoms with Crippen molar-refractivity contribution in [3.63, 3.8) is 0 Å². The molecular formula is C24H17BrN2O2S. The van der Waals surface area contributed by atoms with Crippen LogP contribution < -0.4 is 10.6 Å². The molecule has 6 heteroatoms. The van der Waals surface area contributed by atoms with Crippen molar-refractivity contribution in [2.45, 2.75) is 13.0 Å². The van der Waals surface area contributed by atoms with Gasteiger partial charge in [0.2, 0.25) is 0 Å². The fourth-order valence-corrected chi connectivity index (χ4v) is 5.46. The Bertz CT molecular complexity index is 1330. The molecule has 1 aliphatic rings. The average molecular weight is 477 g/mol. The molecule has 2 N–H and O–H groups in total. The van der Waals surface area contributed by atoms with E-state index in [0.717, 1.165) is 26.8 Å². The van der Waals surface area contributed by atoms with Gasteiger partial charge in [-0.3, -0.25) is 9.59 Å². The number of rotatable bonds is 3. The number of anilines is 1. The summed E-state index contributed by atoms with van der Waals surface area (Å²) in [6, 6.07) is 19.1. The zero-order valence-electron chi connectivity index (χ0n) is 16.0. The maximum absolute atomic E-state index is 13.1. The van der Waals surface area contributed by atoms with Crippen molar-refractivity contribution < 1.29 is 9.59 Å². The number of carbonyl (C=O) groups is 2. The first-order valence-electron chi connectivity index (χ1n) is 9.51. The zero-order valence-corrected chi connectivity index (χ0v) is 18.4. The molecule has 1 unspecified atom stereocenters. The van der Waals surface area contributed by atoms with Gasteiger partial charge in [0, 0.05) is 31.2 Å². The van der Waals surface area contributed by atoms with Gasteiger partial charge in [-0.1, -0.05) is 42.5 Å². The predicted molar refractivity (Wildman–Crippen MR) is 124 cm³/mol. The molecule has 1 aromatic heterocycles. The number of hydrogen-bond donors (Lipinski definition) is 2. The normalized spacial score (nSPS) is 15.1. The third-order valence-electron chi connectivity index (χ3n) is 5.46. The van der Waals surface area contributed by atoms with Crippen LogP contribution in [-0.2, 0) is 0 Å². The maximum Gasteiger partial charge on any atom is 0.257 e. The van der Waals surface area contributed by atoms with Crippen molar-refractivity contribution >= 4 is 54.9 Å². The van der Waals surface area contributed by atoms with Crippen molar-refractivity contribution in [1.29, 1.82) is 0 Å². The van der Waals surface area contributed by atoms with Crippen molar-refractivity contribution in [3.05, 3.63) is 98.3 Å². The first-order valence-corrected chi connectivity index (χ1v) is 11.2. The first-order chi connectivity index (χ1) is 14.5. The van der Waals surface area contributed by atoms with E-state index in [1.165, 1.54) is 0 Å². The van der Waals surface area contributed by atoms with Crippen molar-refractivity contribution in [3.8, 4) is 0 Å². The van der Waals surface area contributed by atoms with Gasteiger partial charge in [0.25, 0.3) is 11.8 Å². The minimum atomic E-state index is -0.319. The predicted octanol–water partition coefficient (Wildman–Crippen LogP) is 6.06. The molecule has 5 rings (SSSR count). The lowest BCUT2D eigenvalue weighted by Gasteiger charge is -2.18. The van der Waals surface area contributed by atoms with E-state index in [1.54, 1.807) is 17.4 Å². The second kappa shape index (κ2) is 7.38. The van der Waals surface area contributed by atoms with Crippen LogP contribution in [0.2, 0.25) is 0 Å².